The molecule has 1 heterocycles. The standard InChI is InChI=1S/C21H27N3O8/c1-23(16-6-7-19(28)24(2)21(16)30)20(29)14-4-3-5-17(15(14)12-26)32-13-18(27)22-8-10-31-11-9-25/h3-5,12,16,25H,6-11,13H2,1-2H3,(H,22,27). The molecule has 2 rings (SSSR count). The molecular weight excluding hydrogens is 422 g/mol. The number of hydrogen-bond acceptors (Lipinski definition) is 8. The molecule has 4 amide bonds. The Morgan fingerprint density at radius 2 is 2.06 bits per heavy atom. The normalized spacial score (nSPS) is 16.0. The minimum absolute atomic E-state index is 0.0187. The second-order valence-corrected chi connectivity index (χ2v) is 7.07. The zero-order valence-corrected chi connectivity index (χ0v) is 18.0. The molecule has 32 heavy (non-hydrogen) atoms. The van der Waals surface area contributed by atoms with Crippen molar-refractivity contribution in [2.24, 2.45) is 0 Å². The Balaban J connectivity index is 2.05. The summed E-state index contributed by atoms with van der Waals surface area (Å²) >= 11 is 0. The fraction of sp³-hybridized carbons (Fsp3) is 0.476. The van der Waals surface area contributed by atoms with Crippen molar-refractivity contribution in [2.45, 2.75) is 18.9 Å². The average Bonchev–Trinajstić information content (AvgIpc) is 2.80. The number of benzene rings is 1. The highest BCUT2D eigenvalue weighted by Crippen LogP contribution is 2.24. The molecule has 11 nitrogen and oxygen atoms in total. The van der Waals surface area contributed by atoms with E-state index in [1.54, 1.807) is 0 Å². The number of nitrogens with one attached hydrogen (secondary N) is 1. The van der Waals surface area contributed by atoms with E-state index >= 15 is 0 Å². The summed E-state index contributed by atoms with van der Waals surface area (Å²) in [6, 6.07) is 3.56. The Kier molecular flexibility index (Phi) is 9.29. The van der Waals surface area contributed by atoms with Crippen molar-refractivity contribution in [3.8, 4) is 5.75 Å². The van der Waals surface area contributed by atoms with Crippen molar-refractivity contribution in [1.82, 2.24) is 15.1 Å². The molecule has 1 aliphatic heterocycles. The molecule has 0 aliphatic carbocycles. The van der Waals surface area contributed by atoms with Gasteiger partial charge in [0.25, 0.3) is 17.7 Å². The molecular formula is C21H27N3O8. The summed E-state index contributed by atoms with van der Waals surface area (Å²) in [6.45, 7) is 0.118. The number of likely N-dealkylation sites (tertiary alicyclic amines) is 1. The maximum atomic E-state index is 13.0. The van der Waals surface area contributed by atoms with Gasteiger partial charge in [-0.2, -0.15) is 0 Å². The minimum Gasteiger partial charge on any atom is -0.483 e. The van der Waals surface area contributed by atoms with Crippen LogP contribution >= 0.6 is 0 Å². The predicted molar refractivity (Wildman–Crippen MR) is 111 cm³/mol. The van der Waals surface area contributed by atoms with Gasteiger partial charge in [0.1, 0.15) is 11.8 Å². The van der Waals surface area contributed by atoms with Crippen LogP contribution in [0.3, 0.4) is 0 Å². The molecule has 1 atom stereocenters. The first-order chi connectivity index (χ1) is 15.3. The van der Waals surface area contributed by atoms with E-state index in [1.165, 1.54) is 37.2 Å². The summed E-state index contributed by atoms with van der Waals surface area (Å²) in [7, 11) is 2.80. The second-order valence-electron chi connectivity index (χ2n) is 7.07. The number of piperidine rings is 1. The number of imide groups is 1. The molecule has 0 bridgehead atoms. The summed E-state index contributed by atoms with van der Waals surface area (Å²) in [6.07, 6.45) is 0.781. The Bertz CT molecular complexity index is 873. The molecule has 11 heteroatoms. The maximum Gasteiger partial charge on any atom is 0.258 e. The molecule has 0 saturated carbocycles. The first-order valence-electron chi connectivity index (χ1n) is 10.1. The topological polar surface area (TPSA) is 143 Å². The van der Waals surface area contributed by atoms with E-state index < -0.39 is 23.8 Å². The second kappa shape index (κ2) is 11.9. The summed E-state index contributed by atoms with van der Waals surface area (Å²) in [5, 5.41) is 11.2. The van der Waals surface area contributed by atoms with Gasteiger partial charge in [-0.15, -0.1) is 0 Å². The maximum absolute atomic E-state index is 13.0. The molecule has 1 aromatic rings. The van der Waals surface area contributed by atoms with Crippen LogP contribution in [-0.2, 0) is 19.1 Å². The number of aliphatic hydroxyl groups is 1. The number of carbonyl (C=O) groups excluding carboxylic acids is 5. The SMILES string of the molecule is CN1C(=O)CCC(N(C)C(=O)c2cccc(OCC(=O)NCCOCCO)c2C=O)C1=O. The fourth-order valence-corrected chi connectivity index (χ4v) is 3.19. The molecule has 1 unspecified atom stereocenters. The number of carbonyl (C=O) groups is 5. The lowest BCUT2D eigenvalue weighted by molar-refractivity contribution is -0.150. The number of nitrogens with zero attached hydrogens (tertiary/aromatic N) is 2. The van der Waals surface area contributed by atoms with Crippen molar-refractivity contribution < 1.29 is 38.6 Å². The Morgan fingerprint density at radius 3 is 2.75 bits per heavy atom. The smallest absolute Gasteiger partial charge is 0.258 e. The first kappa shape index (κ1) is 25.0. The largest absolute Gasteiger partial charge is 0.483 e. The number of aldehydes is 1. The zero-order valence-electron chi connectivity index (χ0n) is 18.0. The molecule has 1 fully saturated rings. The minimum atomic E-state index is -0.826. The number of aliphatic hydroxyl groups excluding tert-OH is 1. The van der Waals surface area contributed by atoms with Gasteiger partial charge in [-0.05, 0) is 18.6 Å². The first-order valence-corrected chi connectivity index (χ1v) is 10.1. The van der Waals surface area contributed by atoms with E-state index in [0.29, 0.717) is 6.29 Å². The van der Waals surface area contributed by atoms with E-state index in [0.717, 1.165) is 4.90 Å². The third-order valence-corrected chi connectivity index (χ3v) is 4.99. The van der Waals surface area contributed by atoms with E-state index in [4.69, 9.17) is 14.6 Å². The molecule has 1 saturated heterocycles. The van der Waals surface area contributed by atoms with Gasteiger partial charge in [0.05, 0.1) is 30.9 Å². The van der Waals surface area contributed by atoms with Crippen molar-refractivity contribution in [1.29, 1.82) is 0 Å². The van der Waals surface area contributed by atoms with Crippen LogP contribution in [0.2, 0.25) is 0 Å². The molecule has 174 valence electrons. The van der Waals surface area contributed by atoms with Gasteiger partial charge in [-0.3, -0.25) is 28.9 Å². The van der Waals surface area contributed by atoms with E-state index in [9.17, 15) is 24.0 Å². The number of likely N-dealkylation sites (N-methyl/N-ethyl adjacent to an activating group) is 2. The van der Waals surface area contributed by atoms with Gasteiger partial charge < -0.3 is 24.8 Å². The van der Waals surface area contributed by atoms with Gasteiger partial charge in [0.15, 0.2) is 12.9 Å². The van der Waals surface area contributed by atoms with Crippen LogP contribution in [0.25, 0.3) is 0 Å². The molecule has 2 N–H and O–H groups in total. The molecule has 0 aromatic heterocycles. The van der Waals surface area contributed by atoms with Crippen molar-refractivity contribution in [3.05, 3.63) is 29.3 Å². The highest BCUT2D eigenvalue weighted by Gasteiger charge is 2.37. The van der Waals surface area contributed by atoms with Gasteiger partial charge in [0.2, 0.25) is 5.91 Å². The van der Waals surface area contributed by atoms with E-state index in [2.05, 4.69) is 5.32 Å². The quantitative estimate of drug-likeness (QED) is 0.255. The van der Waals surface area contributed by atoms with Crippen LogP contribution in [0.4, 0.5) is 0 Å². The van der Waals surface area contributed by atoms with Crippen LogP contribution in [0.1, 0.15) is 33.6 Å². The van der Waals surface area contributed by atoms with Crippen LogP contribution in [0.5, 0.6) is 5.75 Å². The van der Waals surface area contributed by atoms with Crippen LogP contribution < -0.4 is 10.1 Å². The average molecular weight is 449 g/mol. The third kappa shape index (κ3) is 6.11. The number of hydrogen-bond donors (Lipinski definition) is 2. The van der Waals surface area contributed by atoms with E-state index in [-0.39, 0.29) is 68.6 Å². The number of ether oxygens (including phenoxy) is 2. The lowest BCUT2D eigenvalue weighted by Gasteiger charge is -2.34. The Labute approximate surface area is 185 Å². The molecule has 0 spiro atoms. The van der Waals surface area contributed by atoms with Crippen LogP contribution in [0, 0.1) is 0 Å². The molecule has 0 radical (unpaired) electrons. The highest BCUT2D eigenvalue weighted by molar-refractivity contribution is 6.06. The number of amides is 4. The Hall–Kier alpha value is -3.31. The van der Waals surface area contributed by atoms with E-state index in [1.807, 2.05) is 0 Å². The van der Waals surface area contributed by atoms with Gasteiger partial charge in [-0.25, -0.2) is 0 Å². The van der Waals surface area contributed by atoms with Gasteiger partial charge >= 0.3 is 0 Å². The lowest BCUT2D eigenvalue weighted by atomic mass is 10.0. The summed E-state index contributed by atoms with van der Waals surface area (Å²) in [4.78, 5) is 62.9. The van der Waals surface area contributed by atoms with Crippen molar-refractivity contribution in [3.63, 3.8) is 0 Å². The summed E-state index contributed by atoms with van der Waals surface area (Å²) < 4.78 is 10.4. The monoisotopic (exact) mass is 449 g/mol. The summed E-state index contributed by atoms with van der Waals surface area (Å²) in [5.74, 6) is -1.78. The van der Waals surface area contributed by atoms with Crippen molar-refractivity contribution >= 4 is 29.9 Å². The number of rotatable bonds is 11. The zero-order chi connectivity index (χ0) is 23.7. The Morgan fingerprint density at radius 1 is 1.31 bits per heavy atom. The lowest BCUT2D eigenvalue weighted by Crippen LogP contribution is -2.53. The van der Waals surface area contributed by atoms with Crippen LogP contribution in [0.15, 0.2) is 18.2 Å². The fourth-order valence-electron chi connectivity index (χ4n) is 3.19. The highest BCUT2D eigenvalue weighted by atomic mass is 16.5. The van der Waals surface area contributed by atoms with Gasteiger partial charge in [0, 0.05) is 27.1 Å². The molecule has 1 aliphatic rings. The third-order valence-electron chi connectivity index (χ3n) is 4.99. The summed E-state index contributed by atoms with van der Waals surface area (Å²) in [5.41, 5.74) is -0.0266. The van der Waals surface area contributed by atoms with Gasteiger partial charge in [-0.1, -0.05) is 6.07 Å². The molecule has 1 aromatic carbocycles. The van der Waals surface area contributed by atoms with Crippen LogP contribution in [-0.4, -0.2) is 97.9 Å². The van der Waals surface area contributed by atoms with Crippen molar-refractivity contribution in [2.75, 3.05) is 47.1 Å². The predicted octanol–water partition coefficient (Wildman–Crippen LogP) is -0.778.